The van der Waals surface area contributed by atoms with Crippen LogP contribution in [0.4, 0.5) is 10.5 Å². The Balaban J connectivity index is 2.03. The molecule has 1 aromatic carbocycles. The summed E-state index contributed by atoms with van der Waals surface area (Å²) in [4.78, 5) is 24.8. The van der Waals surface area contributed by atoms with Gasteiger partial charge < -0.3 is 20.6 Å². The number of aromatic carboxylic acids is 1. The SMILES string of the molecule is Cc1cc(NC(=O)N2CCCNCC2)ccc1C(=O)O. The third-order valence-corrected chi connectivity index (χ3v) is 3.34. The molecule has 2 amide bonds. The molecule has 20 heavy (non-hydrogen) atoms. The number of nitrogens with zero attached hydrogens (tertiary/aromatic N) is 1. The number of carbonyl (C=O) groups is 2. The molecule has 1 heterocycles. The van der Waals surface area contributed by atoms with E-state index < -0.39 is 5.97 Å². The summed E-state index contributed by atoms with van der Waals surface area (Å²) >= 11 is 0. The Morgan fingerprint density at radius 1 is 1.30 bits per heavy atom. The Morgan fingerprint density at radius 3 is 2.80 bits per heavy atom. The van der Waals surface area contributed by atoms with Gasteiger partial charge in [-0.25, -0.2) is 9.59 Å². The minimum Gasteiger partial charge on any atom is -0.478 e. The molecule has 0 aromatic heterocycles. The van der Waals surface area contributed by atoms with Gasteiger partial charge in [0.25, 0.3) is 0 Å². The minimum absolute atomic E-state index is 0.142. The Bertz CT molecular complexity index is 508. The van der Waals surface area contributed by atoms with Crippen LogP contribution < -0.4 is 10.6 Å². The molecule has 0 aliphatic carbocycles. The molecular weight excluding hydrogens is 258 g/mol. The maximum absolute atomic E-state index is 12.1. The maximum Gasteiger partial charge on any atom is 0.335 e. The van der Waals surface area contributed by atoms with Crippen molar-refractivity contribution in [3.05, 3.63) is 29.3 Å². The van der Waals surface area contributed by atoms with E-state index in [9.17, 15) is 9.59 Å². The summed E-state index contributed by atoms with van der Waals surface area (Å²) in [5, 5.41) is 15.0. The molecule has 0 bridgehead atoms. The van der Waals surface area contributed by atoms with Gasteiger partial charge >= 0.3 is 12.0 Å². The third-order valence-electron chi connectivity index (χ3n) is 3.34. The zero-order valence-electron chi connectivity index (χ0n) is 11.5. The highest BCUT2D eigenvalue weighted by molar-refractivity contribution is 5.92. The van der Waals surface area contributed by atoms with Crippen LogP contribution in [0.5, 0.6) is 0 Å². The molecule has 0 spiro atoms. The van der Waals surface area contributed by atoms with Crippen molar-refractivity contribution in [2.45, 2.75) is 13.3 Å². The predicted octanol–water partition coefficient (Wildman–Crippen LogP) is 1.52. The van der Waals surface area contributed by atoms with Crippen LogP contribution in [0.3, 0.4) is 0 Å². The Kier molecular flexibility index (Phi) is 4.57. The molecule has 1 fully saturated rings. The lowest BCUT2D eigenvalue weighted by Crippen LogP contribution is -2.37. The molecule has 1 aliphatic rings. The second kappa shape index (κ2) is 6.38. The Hall–Kier alpha value is -2.08. The zero-order chi connectivity index (χ0) is 14.5. The first-order valence-electron chi connectivity index (χ1n) is 6.68. The second-order valence-corrected chi connectivity index (χ2v) is 4.86. The lowest BCUT2D eigenvalue weighted by Gasteiger charge is -2.20. The van der Waals surface area contributed by atoms with E-state index >= 15 is 0 Å². The van der Waals surface area contributed by atoms with Crippen molar-refractivity contribution in [3.8, 4) is 0 Å². The van der Waals surface area contributed by atoms with E-state index in [0.717, 1.165) is 26.1 Å². The van der Waals surface area contributed by atoms with Crippen LogP contribution >= 0.6 is 0 Å². The van der Waals surface area contributed by atoms with Crippen LogP contribution in [0.1, 0.15) is 22.3 Å². The van der Waals surface area contributed by atoms with Gasteiger partial charge in [0, 0.05) is 25.3 Å². The topological polar surface area (TPSA) is 81.7 Å². The zero-order valence-corrected chi connectivity index (χ0v) is 11.5. The first-order chi connectivity index (χ1) is 9.58. The highest BCUT2D eigenvalue weighted by Crippen LogP contribution is 2.16. The van der Waals surface area contributed by atoms with E-state index in [-0.39, 0.29) is 11.6 Å². The molecule has 0 unspecified atom stereocenters. The van der Waals surface area contributed by atoms with E-state index in [1.54, 1.807) is 24.0 Å². The summed E-state index contributed by atoms with van der Waals surface area (Å²) in [7, 11) is 0. The van der Waals surface area contributed by atoms with Gasteiger partial charge in [-0.3, -0.25) is 0 Å². The van der Waals surface area contributed by atoms with E-state index in [0.29, 0.717) is 17.8 Å². The summed E-state index contributed by atoms with van der Waals surface area (Å²) < 4.78 is 0. The molecule has 0 atom stereocenters. The van der Waals surface area contributed by atoms with Crippen molar-refractivity contribution in [3.63, 3.8) is 0 Å². The van der Waals surface area contributed by atoms with Crippen molar-refractivity contribution in [2.75, 3.05) is 31.5 Å². The fourth-order valence-electron chi connectivity index (χ4n) is 2.23. The number of rotatable bonds is 2. The average Bonchev–Trinajstić information content (AvgIpc) is 2.67. The first kappa shape index (κ1) is 14.3. The number of aryl methyl sites for hydroxylation is 1. The quantitative estimate of drug-likeness (QED) is 0.765. The molecule has 1 aromatic rings. The lowest BCUT2D eigenvalue weighted by atomic mass is 10.1. The van der Waals surface area contributed by atoms with Crippen LogP contribution in [0.15, 0.2) is 18.2 Å². The van der Waals surface area contributed by atoms with E-state index in [1.807, 2.05) is 0 Å². The number of hydrogen-bond acceptors (Lipinski definition) is 3. The molecule has 2 rings (SSSR count). The summed E-state index contributed by atoms with van der Waals surface area (Å²) in [5.41, 5.74) is 1.50. The Labute approximate surface area is 117 Å². The number of anilines is 1. The fraction of sp³-hybridized carbons (Fsp3) is 0.429. The standard InChI is InChI=1S/C14H19N3O3/c1-10-9-11(3-4-12(10)13(18)19)16-14(20)17-7-2-5-15-6-8-17/h3-4,9,15H,2,5-8H2,1H3,(H,16,20)(H,18,19). The van der Waals surface area contributed by atoms with Crippen molar-refractivity contribution in [1.29, 1.82) is 0 Å². The number of carboxylic acid groups (broad SMARTS) is 1. The van der Waals surface area contributed by atoms with E-state index in [1.165, 1.54) is 6.07 Å². The van der Waals surface area contributed by atoms with Gasteiger partial charge in [-0.15, -0.1) is 0 Å². The highest BCUT2D eigenvalue weighted by atomic mass is 16.4. The number of hydrogen-bond donors (Lipinski definition) is 3. The molecule has 3 N–H and O–H groups in total. The van der Waals surface area contributed by atoms with Crippen LogP contribution in [-0.4, -0.2) is 48.2 Å². The normalized spacial score (nSPS) is 15.6. The monoisotopic (exact) mass is 277 g/mol. The first-order valence-corrected chi connectivity index (χ1v) is 6.68. The van der Waals surface area contributed by atoms with Gasteiger partial charge in [-0.2, -0.15) is 0 Å². The van der Waals surface area contributed by atoms with E-state index in [4.69, 9.17) is 5.11 Å². The summed E-state index contributed by atoms with van der Waals surface area (Å²) in [6.07, 6.45) is 0.935. The molecule has 1 aliphatic heterocycles. The third kappa shape index (κ3) is 3.48. The number of carbonyl (C=O) groups excluding carboxylic acids is 1. The lowest BCUT2D eigenvalue weighted by molar-refractivity contribution is 0.0696. The number of nitrogens with one attached hydrogen (secondary N) is 2. The van der Waals surface area contributed by atoms with Crippen molar-refractivity contribution in [2.24, 2.45) is 0 Å². The smallest absolute Gasteiger partial charge is 0.335 e. The number of benzene rings is 1. The van der Waals surface area contributed by atoms with Crippen LogP contribution in [0, 0.1) is 6.92 Å². The largest absolute Gasteiger partial charge is 0.478 e. The van der Waals surface area contributed by atoms with Crippen molar-refractivity contribution >= 4 is 17.7 Å². The molecule has 0 radical (unpaired) electrons. The summed E-state index contributed by atoms with van der Waals surface area (Å²) in [6.45, 7) is 4.85. The van der Waals surface area contributed by atoms with Gasteiger partial charge in [0.1, 0.15) is 0 Å². The van der Waals surface area contributed by atoms with Crippen LogP contribution in [-0.2, 0) is 0 Å². The molecular formula is C14H19N3O3. The van der Waals surface area contributed by atoms with Gasteiger partial charge in [0.05, 0.1) is 5.56 Å². The molecule has 1 saturated heterocycles. The number of urea groups is 1. The van der Waals surface area contributed by atoms with E-state index in [2.05, 4.69) is 10.6 Å². The maximum atomic E-state index is 12.1. The van der Waals surface area contributed by atoms with Gasteiger partial charge in [0.15, 0.2) is 0 Å². The van der Waals surface area contributed by atoms with Crippen molar-refractivity contribution in [1.82, 2.24) is 10.2 Å². The van der Waals surface area contributed by atoms with Crippen molar-refractivity contribution < 1.29 is 14.7 Å². The summed E-state index contributed by atoms with van der Waals surface area (Å²) in [5.74, 6) is -0.959. The fourth-order valence-corrected chi connectivity index (χ4v) is 2.23. The van der Waals surface area contributed by atoms with Gasteiger partial charge in [-0.05, 0) is 43.7 Å². The van der Waals surface area contributed by atoms with Crippen LogP contribution in [0.25, 0.3) is 0 Å². The second-order valence-electron chi connectivity index (χ2n) is 4.86. The minimum atomic E-state index is -0.959. The number of amides is 2. The molecule has 6 heteroatoms. The molecule has 6 nitrogen and oxygen atoms in total. The summed E-state index contributed by atoms with van der Waals surface area (Å²) in [6, 6.07) is 4.66. The van der Waals surface area contributed by atoms with Gasteiger partial charge in [0.2, 0.25) is 0 Å². The average molecular weight is 277 g/mol. The van der Waals surface area contributed by atoms with Crippen LogP contribution in [0.2, 0.25) is 0 Å². The molecule has 108 valence electrons. The molecule has 0 saturated carbocycles. The predicted molar refractivity (Wildman–Crippen MR) is 76.2 cm³/mol. The number of carboxylic acids is 1. The van der Waals surface area contributed by atoms with Gasteiger partial charge in [-0.1, -0.05) is 0 Å². The Morgan fingerprint density at radius 2 is 2.10 bits per heavy atom. The highest BCUT2D eigenvalue weighted by Gasteiger charge is 2.15.